The van der Waals surface area contributed by atoms with Gasteiger partial charge in [-0.2, -0.15) is 0 Å². The molecule has 0 unspecified atom stereocenters. The van der Waals surface area contributed by atoms with Crippen molar-refractivity contribution in [3.8, 4) is 33.4 Å². The third-order valence-electron chi connectivity index (χ3n) is 14.6. The molecule has 1 heterocycles. The number of thiophene rings is 1. The first-order valence-electron chi connectivity index (χ1n) is 22.3. The first kappa shape index (κ1) is 35.8. The van der Waals surface area contributed by atoms with Crippen molar-refractivity contribution < 1.29 is 0 Å². The number of hydrogen-bond donors (Lipinski definition) is 0. The van der Waals surface area contributed by atoms with Crippen molar-refractivity contribution in [2.24, 2.45) is 0 Å². The molecule has 3 aliphatic carbocycles. The fourth-order valence-electron chi connectivity index (χ4n) is 12.2. The Hall–Kier alpha value is -7.78. The molecule has 10 aromatic carbocycles. The molecule has 0 aliphatic heterocycles. The summed E-state index contributed by atoms with van der Waals surface area (Å²) in [5.41, 5.74) is 20.7. The lowest BCUT2D eigenvalue weighted by Gasteiger charge is -2.36. The maximum atomic E-state index is 2.55. The molecule has 0 saturated carbocycles. The van der Waals surface area contributed by atoms with Crippen LogP contribution in [0, 0.1) is 0 Å². The van der Waals surface area contributed by atoms with E-state index in [9.17, 15) is 0 Å². The Kier molecular flexibility index (Phi) is 7.47. The average molecular weight is 830 g/mol. The molecule has 0 amide bonds. The van der Waals surface area contributed by atoms with Gasteiger partial charge in [0.15, 0.2) is 0 Å². The van der Waals surface area contributed by atoms with E-state index in [1.54, 1.807) is 0 Å². The lowest BCUT2D eigenvalue weighted by molar-refractivity contribution is 0.768. The highest BCUT2D eigenvalue weighted by molar-refractivity contribution is 7.25. The number of benzene rings is 10. The van der Waals surface area contributed by atoms with E-state index in [1.165, 1.54) is 104 Å². The van der Waals surface area contributed by atoms with E-state index >= 15 is 0 Å². The molecule has 0 bridgehead atoms. The molecular weight excluding hydrogens is 791 g/mol. The largest absolute Gasteiger partial charge is 0.310 e. The van der Waals surface area contributed by atoms with Crippen LogP contribution < -0.4 is 4.90 Å². The van der Waals surface area contributed by atoms with Gasteiger partial charge in [-0.05, 0) is 115 Å². The second kappa shape index (κ2) is 13.4. The molecule has 0 fully saturated rings. The van der Waals surface area contributed by atoms with Crippen LogP contribution in [0.1, 0.15) is 44.5 Å². The molecule has 0 radical (unpaired) electrons. The van der Waals surface area contributed by atoms with Crippen molar-refractivity contribution in [3.63, 3.8) is 0 Å². The summed E-state index contributed by atoms with van der Waals surface area (Å²) in [7, 11) is 0. The van der Waals surface area contributed by atoms with Gasteiger partial charge in [0.05, 0.1) is 16.5 Å². The van der Waals surface area contributed by atoms with E-state index in [2.05, 4.69) is 241 Å². The SMILES string of the molecule is c1ccc(C2(c3ccc(N(c4ccc5sc6ccccc6c5c4)c4cccc5c4C4(c6ccccc6-c6ccccc64)c4ccccc4-5)cc3)c3ccccc3-c3ccccc32)cc1. The van der Waals surface area contributed by atoms with Crippen LogP contribution in [0.25, 0.3) is 53.6 Å². The van der Waals surface area contributed by atoms with Crippen LogP contribution in [0.15, 0.2) is 237 Å². The molecule has 14 rings (SSSR count). The fraction of sp³-hybridized carbons (Fsp3) is 0.0323. The van der Waals surface area contributed by atoms with Crippen LogP contribution in [0.2, 0.25) is 0 Å². The Bertz CT molecular complexity index is 3580. The summed E-state index contributed by atoms with van der Waals surface area (Å²) >= 11 is 1.87. The second-order valence-corrected chi connectivity index (χ2v) is 18.5. The van der Waals surface area contributed by atoms with E-state index in [4.69, 9.17) is 0 Å². The minimum atomic E-state index is -0.512. The van der Waals surface area contributed by atoms with E-state index < -0.39 is 10.8 Å². The smallest absolute Gasteiger partial charge is 0.0746 e. The molecule has 298 valence electrons. The standard InChI is InChI=1S/C62H39NS/c1-2-17-40(18-3-1)61(52-26-10-4-19-44(52)45-20-5-11-27-53(45)61)41-33-35-42(36-34-41)63(43-37-38-59-51(39-43)49-24-9-15-32-58(49)64-59)57-31-16-25-50-48-23-8-14-30-56(48)62(60(50)57)54-28-12-6-21-46(54)47-22-7-13-29-55(47)62/h1-39H. The zero-order valence-electron chi connectivity index (χ0n) is 34.9. The molecule has 0 N–H and O–H groups in total. The van der Waals surface area contributed by atoms with Gasteiger partial charge in [-0.1, -0.05) is 194 Å². The van der Waals surface area contributed by atoms with E-state index in [-0.39, 0.29) is 0 Å². The summed E-state index contributed by atoms with van der Waals surface area (Å²) < 4.78 is 2.60. The van der Waals surface area contributed by atoms with Gasteiger partial charge >= 0.3 is 0 Å². The second-order valence-electron chi connectivity index (χ2n) is 17.5. The van der Waals surface area contributed by atoms with Gasteiger partial charge in [0.1, 0.15) is 0 Å². The zero-order chi connectivity index (χ0) is 42.0. The maximum Gasteiger partial charge on any atom is 0.0746 e. The first-order valence-corrected chi connectivity index (χ1v) is 23.1. The van der Waals surface area contributed by atoms with Crippen LogP contribution in [-0.4, -0.2) is 0 Å². The highest BCUT2D eigenvalue weighted by Gasteiger charge is 2.53. The van der Waals surface area contributed by atoms with Gasteiger partial charge in [-0.3, -0.25) is 0 Å². The van der Waals surface area contributed by atoms with Crippen LogP contribution in [0.3, 0.4) is 0 Å². The van der Waals surface area contributed by atoms with Gasteiger partial charge in [0.2, 0.25) is 0 Å². The summed E-state index contributed by atoms with van der Waals surface area (Å²) in [4.78, 5) is 2.55. The summed E-state index contributed by atoms with van der Waals surface area (Å²) in [6, 6.07) is 89.0. The number of hydrogen-bond acceptors (Lipinski definition) is 2. The normalized spacial score (nSPS) is 14.2. The summed E-state index contributed by atoms with van der Waals surface area (Å²) in [5, 5.41) is 2.58. The van der Waals surface area contributed by atoms with Gasteiger partial charge in [-0.15, -0.1) is 11.3 Å². The topological polar surface area (TPSA) is 3.24 Å². The Balaban J connectivity index is 1.05. The third-order valence-corrected chi connectivity index (χ3v) is 15.7. The fourth-order valence-corrected chi connectivity index (χ4v) is 13.3. The van der Waals surface area contributed by atoms with Gasteiger partial charge in [-0.25, -0.2) is 0 Å². The molecule has 1 spiro atoms. The lowest BCUT2D eigenvalue weighted by Crippen LogP contribution is -2.29. The third kappa shape index (κ3) is 4.57. The minimum Gasteiger partial charge on any atom is -0.310 e. The first-order chi connectivity index (χ1) is 31.8. The molecule has 64 heavy (non-hydrogen) atoms. The molecule has 11 aromatic rings. The van der Waals surface area contributed by atoms with Crippen LogP contribution in [0.4, 0.5) is 17.1 Å². The molecule has 1 aromatic heterocycles. The van der Waals surface area contributed by atoms with Crippen LogP contribution in [0.5, 0.6) is 0 Å². The van der Waals surface area contributed by atoms with Crippen LogP contribution in [-0.2, 0) is 10.8 Å². The summed E-state index contributed by atoms with van der Waals surface area (Å²) in [5.74, 6) is 0. The quantitative estimate of drug-likeness (QED) is 0.167. The Morgan fingerprint density at radius 1 is 0.297 bits per heavy atom. The zero-order valence-corrected chi connectivity index (χ0v) is 35.7. The number of anilines is 3. The monoisotopic (exact) mass is 829 g/mol. The Labute approximate surface area is 376 Å². The van der Waals surface area contributed by atoms with Crippen molar-refractivity contribution in [1.82, 2.24) is 0 Å². The molecular formula is C62H39NS. The lowest BCUT2D eigenvalue weighted by atomic mass is 9.67. The van der Waals surface area contributed by atoms with Gasteiger partial charge in [0.25, 0.3) is 0 Å². The predicted molar refractivity (Wildman–Crippen MR) is 268 cm³/mol. The van der Waals surface area contributed by atoms with Crippen molar-refractivity contribution in [2.75, 3.05) is 4.90 Å². The van der Waals surface area contributed by atoms with E-state index in [0.717, 1.165) is 11.4 Å². The van der Waals surface area contributed by atoms with Crippen molar-refractivity contribution in [1.29, 1.82) is 0 Å². The molecule has 2 heteroatoms. The minimum absolute atomic E-state index is 0.483. The van der Waals surface area contributed by atoms with Gasteiger partial charge < -0.3 is 4.90 Å². The van der Waals surface area contributed by atoms with E-state index in [1.807, 2.05) is 11.3 Å². The van der Waals surface area contributed by atoms with Crippen molar-refractivity contribution >= 4 is 48.6 Å². The molecule has 3 aliphatic rings. The van der Waals surface area contributed by atoms with Crippen molar-refractivity contribution in [3.05, 3.63) is 281 Å². The Morgan fingerprint density at radius 3 is 1.33 bits per heavy atom. The molecule has 0 saturated heterocycles. The molecule has 0 atom stereocenters. The summed E-state index contributed by atoms with van der Waals surface area (Å²) in [6.07, 6.45) is 0. The van der Waals surface area contributed by atoms with Crippen molar-refractivity contribution in [2.45, 2.75) is 10.8 Å². The Morgan fingerprint density at radius 2 is 0.734 bits per heavy atom. The highest BCUT2D eigenvalue weighted by atomic mass is 32.1. The van der Waals surface area contributed by atoms with Gasteiger partial charge in [0, 0.05) is 37.1 Å². The van der Waals surface area contributed by atoms with Crippen LogP contribution >= 0.6 is 11.3 Å². The number of fused-ring (bicyclic) bond motifs is 16. The highest BCUT2D eigenvalue weighted by Crippen LogP contribution is 2.65. The van der Waals surface area contributed by atoms with E-state index in [0.29, 0.717) is 0 Å². The average Bonchev–Trinajstić information content (AvgIpc) is 4.08. The molecule has 1 nitrogen and oxygen atoms in total. The maximum absolute atomic E-state index is 2.55. The number of nitrogens with zero attached hydrogens (tertiary/aromatic N) is 1. The predicted octanol–water partition coefficient (Wildman–Crippen LogP) is 16.2. The summed E-state index contributed by atoms with van der Waals surface area (Å²) in [6.45, 7) is 0. The number of rotatable bonds is 5.